The number of imidazole rings is 1. The van der Waals surface area contributed by atoms with Crippen LogP contribution in [0.2, 0.25) is 0 Å². The minimum atomic E-state index is -0.699. The van der Waals surface area contributed by atoms with Crippen molar-refractivity contribution in [3.8, 4) is 0 Å². The van der Waals surface area contributed by atoms with Crippen LogP contribution in [0.1, 0.15) is 20.3 Å². The number of nitrogens with zero attached hydrogens (tertiary/aromatic N) is 2. The lowest BCUT2D eigenvalue weighted by molar-refractivity contribution is 0.659. The normalized spacial score (nSPS) is 13.1. The van der Waals surface area contributed by atoms with Crippen molar-refractivity contribution in [3.05, 3.63) is 12.4 Å². The summed E-state index contributed by atoms with van der Waals surface area (Å²) in [6.45, 7) is 5.04. The molecule has 0 saturated carbocycles. The number of anilines is 1. The summed E-state index contributed by atoms with van der Waals surface area (Å²) in [5.74, 6) is 1.64. The van der Waals surface area contributed by atoms with Crippen LogP contribution in [0.5, 0.6) is 0 Å². The molecule has 1 aromatic rings. The Labute approximate surface area is 93.5 Å². The van der Waals surface area contributed by atoms with E-state index in [9.17, 15) is 4.21 Å². The molecule has 0 fully saturated rings. The molecule has 0 saturated heterocycles. The second-order valence-corrected chi connectivity index (χ2v) is 5.43. The van der Waals surface area contributed by atoms with Crippen LogP contribution in [-0.2, 0) is 17.3 Å². The molecule has 1 rings (SSSR count). The first-order valence-electron chi connectivity index (χ1n) is 5.17. The molecule has 1 atom stereocenters. The first kappa shape index (κ1) is 12.2. The van der Waals surface area contributed by atoms with E-state index >= 15 is 0 Å². The average Bonchev–Trinajstić information content (AvgIpc) is 2.51. The van der Waals surface area contributed by atoms with Crippen LogP contribution in [0.3, 0.4) is 0 Å². The van der Waals surface area contributed by atoms with Gasteiger partial charge in [0.2, 0.25) is 5.95 Å². The minimum Gasteiger partial charge on any atom is -0.353 e. The lowest BCUT2D eigenvalue weighted by Crippen LogP contribution is -2.15. The zero-order chi connectivity index (χ0) is 11.3. The van der Waals surface area contributed by atoms with E-state index in [-0.39, 0.29) is 0 Å². The standard InChI is InChI=1S/C10H19N3OS/c1-9(2)12-10-11-5-7-13(10)6-4-8-15(3)14/h5,7,9H,4,6,8H2,1-3H3,(H,11,12). The highest BCUT2D eigenvalue weighted by Crippen LogP contribution is 2.06. The monoisotopic (exact) mass is 229 g/mol. The largest absolute Gasteiger partial charge is 0.353 e. The van der Waals surface area contributed by atoms with E-state index in [1.165, 1.54) is 0 Å². The number of hydrogen-bond acceptors (Lipinski definition) is 3. The molecule has 1 N–H and O–H groups in total. The number of rotatable bonds is 6. The predicted molar refractivity (Wildman–Crippen MR) is 64.5 cm³/mol. The molecule has 1 heterocycles. The van der Waals surface area contributed by atoms with E-state index in [2.05, 4.69) is 28.7 Å². The maximum absolute atomic E-state index is 10.9. The number of nitrogens with one attached hydrogen (secondary N) is 1. The van der Waals surface area contributed by atoms with Gasteiger partial charge in [0.15, 0.2) is 0 Å². The van der Waals surface area contributed by atoms with E-state index in [1.54, 1.807) is 12.5 Å². The summed E-state index contributed by atoms with van der Waals surface area (Å²) in [5.41, 5.74) is 0. The van der Waals surface area contributed by atoms with Gasteiger partial charge in [-0.05, 0) is 20.3 Å². The third-order valence-corrected chi connectivity index (χ3v) is 2.83. The Kier molecular flexibility index (Phi) is 4.81. The number of aromatic nitrogens is 2. The first-order valence-corrected chi connectivity index (χ1v) is 6.90. The van der Waals surface area contributed by atoms with Gasteiger partial charge in [0.05, 0.1) is 0 Å². The molecule has 86 valence electrons. The molecular weight excluding hydrogens is 210 g/mol. The van der Waals surface area contributed by atoms with Gasteiger partial charge in [-0.3, -0.25) is 4.21 Å². The number of aryl methyl sites for hydroxylation is 1. The molecule has 0 radical (unpaired) electrons. The van der Waals surface area contributed by atoms with Crippen molar-refractivity contribution >= 4 is 16.7 Å². The zero-order valence-corrected chi connectivity index (χ0v) is 10.4. The highest BCUT2D eigenvalue weighted by molar-refractivity contribution is 7.84. The number of hydrogen-bond donors (Lipinski definition) is 1. The van der Waals surface area contributed by atoms with Gasteiger partial charge >= 0.3 is 0 Å². The molecule has 0 aliphatic carbocycles. The molecule has 4 nitrogen and oxygen atoms in total. The van der Waals surface area contributed by atoms with Gasteiger partial charge in [0, 0.05) is 47.8 Å². The molecule has 0 aliphatic heterocycles. The minimum absolute atomic E-state index is 0.381. The van der Waals surface area contributed by atoms with Gasteiger partial charge in [0.1, 0.15) is 0 Å². The van der Waals surface area contributed by atoms with E-state index < -0.39 is 10.8 Å². The van der Waals surface area contributed by atoms with Crippen LogP contribution in [-0.4, -0.2) is 31.8 Å². The Morgan fingerprint density at radius 2 is 2.33 bits per heavy atom. The average molecular weight is 229 g/mol. The SMILES string of the molecule is CC(C)Nc1nccn1CCCS(C)=O. The van der Waals surface area contributed by atoms with Crippen molar-refractivity contribution in [2.75, 3.05) is 17.3 Å². The fraction of sp³-hybridized carbons (Fsp3) is 0.700. The molecule has 0 spiro atoms. The molecule has 0 amide bonds. The van der Waals surface area contributed by atoms with E-state index in [0.29, 0.717) is 6.04 Å². The summed E-state index contributed by atoms with van der Waals surface area (Å²) in [6.07, 6.45) is 6.39. The Balaban J connectivity index is 2.46. The predicted octanol–water partition coefficient (Wildman–Crippen LogP) is 1.47. The highest BCUT2D eigenvalue weighted by atomic mass is 32.2. The van der Waals surface area contributed by atoms with Gasteiger partial charge < -0.3 is 9.88 Å². The van der Waals surface area contributed by atoms with Crippen molar-refractivity contribution in [2.24, 2.45) is 0 Å². The van der Waals surface area contributed by atoms with E-state index in [4.69, 9.17) is 0 Å². The van der Waals surface area contributed by atoms with Crippen LogP contribution in [0.4, 0.5) is 5.95 Å². The first-order chi connectivity index (χ1) is 7.09. The second kappa shape index (κ2) is 5.90. The summed E-state index contributed by atoms with van der Waals surface area (Å²) in [5, 5.41) is 3.27. The lowest BCUT2D eigenvalue weighted by Gasteiger charge is -2.11. The summed E-state index contributed by atoms with van der Waals surface area (Å²) in [7, 11) is -0.699. The van der Waals surface area contributed by atoms with Crippen molar-refractivity contribution in [3.63, 3.8) is 0 Å². The lowest BCUT2D eigenvalue weighted by atomic mass is 10.4. The maximum atomic E-state index is 10.9. The summed E-state index contributed by atoms with van der Waals surface area (Å²) < 4.78 is 13.0. The smallest absolute Gasteiger partial charge is 0.202 e. The summed E-state index contributed by atoms with van der Waals surface area (Å²) in [4.78, 5) is 4.23. The van der Waals surface area contributed by atoms with Gasteiger partial charge in [0.25, 0.3) is 0 Å². The zero-order valence-electron chi connectivity index (χ0n) is 9.56. The van der Waals surface area contributed by atoms with Crippen molar-refractivity contribution in [1.29, 1.82) is 0 Å². The van der Waals surface area contributed by atoms with Gasteiger partial charge in [-0.25, -0.2) is 4.98 Å². The van der Waals surface area contributed by atoms with Crippen molar-refractivity contribution in [2.45, 2.75) is 32.9 Å². The molecule has 1 unspecified atom stereocenters. The van der Waals surface area contributed by atoms with Crippen LogP contribution >= 0.6 is 0 Å². The fourth-order valence-corrected chi connectivity index (χ4v) is 1.86. The molecule has 0 aliphatic rings. The quantitative estimate of drug-likeness (QED) is 0.803. The van der Waals surface area contributed by atoms with Gasteiger partial charge in [-0.1, -0.05) is 0 Å². The maximum Gasteiger partial charge on any atom is 0.202 e. The van der Waals surface area contributed by atoms with E-state index in [1.807, 2.05) is 6.20 Å². The van der Waals surface area contributed by atoms with Gasteiger partial charge in [-0.2, -0.15) is 0 Å². The Morgan fingerprint density at radius 3 is 2.93 bits per heavy atom. The van der Waals surface area contributed by atoms with Crippen LogP contribution in [0, 0.1) is 0 Å². The third kappa shape index (κ3) is 4.46. The van der Waals surface area contributed by atoms with E-state index in [0.717, 1.165) is 24.7 Å². The summed E-state index contributed by atoms with van der Waals surface area (Å²) in [6, 6.07) is 0.381. The van der Waals surface area contributed by atoms with Crippen LogP contribution in [0.25, 0.3) is 0 Å². The Bertz CT molecular complexity index is 322. The Hall–Kier alpha value is -0.840. The molecule has 1 aromatic heterocycles. The molecular formula is C10H19N3OS. The van der Waals surface area contributed by atoms with Crippen molar-refractivity contribution in [1.82, 2.24) is 9.55 Å². The molecule has 0 bridgehead atoms. The highest BCUT2D eigenvalue weighted by Gasteiger charge is 2.03. The molecule has 5 heteroatoms. The fourth-order valence-electron chi connectivity index (χ4n) is 1.33. The van der Waals surface area contributed by atoms with Gasteiger partial charge in [-0.15, -0.1) is 0 Å². The molecule has 15 heavy (non-hydrogen) atoms. The van der Waals surface area contributed by atoms with Crippen LogP contribution in [0.15, 0.2) is 12.4 Å². The third-order valence-electron chi connectivity index (χ3n) is 1.96. The Morgan fingerprint density at radius 1 is 1.60 bits per heavy atom. The van der Waals surface area contributed by atoms with Crippen molar-refractivity contribution < 1.29 is 4.21 Å². The van der Waals surface area contributed by atoms with Crippen LogP contribution < -0.4 is 5.32 Å². The summed E-state index contributed by atoms with van der Waals surface area (Å²) >= 11 is 0. The molecule has 0 aromatic carbocycles. The topological polar surface area (TPSA) is 46.9 Å². The second-order valence-electron chi connectivity index (χ2n) is 3.87.